The van der Waals surface area contributed by atoms with Crippen molar-refractivity contribution in [2.45, 2.75) is 12.8 Å². The number of benzene rings is 2. The van der Waals surface area contributed by atoms with Crippen molar-refractivity contribution in [3.05, 3.63) is 65.9 Å². The Labute approximate surface area is 151 Å². The lowest BCUT2D eigenvalue weighted by atomic mass is 10.1. The molecule has 0 spiro atoms. The minimum absolute atomic E-state index is 0.0917. The second-order valence-electron chi connectivity index (χ2n) is 5.51. The van der Waals surface area contributed by atoms with Crippen LogP contribution in [0.1, 0.15) is 22.1 Å². The van der Waals surface area contributed by atoms with E-state index in [1.165, 1.54) is 12.7 Å². The Balaban J connectivity index is 1.65. The lowest BCUT2D eigenvalue weighted by Crippen LogP contribution is -2.13. The number of hydrogen-bond donors (Lipinski definition) is 1. The largest absolute Gasteiger partial charge is 0.497 e. The van der Waals surface area contributed by atoms with Crippen molar-refractivity contribution in [2.75, 3.05) is 19.5 Å². The van der Waals surface area contributed by atoms with Crippen LogP contribution in [0, 0.1) is 0 Å². The van der Waals surface area contributed by atoms with Crippen molar-refractivity contribution in [3.63, 3.8) is 0 Å². The second-order valence-corrected chi connectivity index (χ2v) is 5.51. The molecule has 0 bridgehead atoms. The predicted octanol–water partition coefficient (Wildman–Crippen LogP) is 3.12. The van der Waals surface area contributed by atoms with E-state index >= 15 is 0 Å². The number of amides is 1. The van der Waals surface area contributed by atoms with Gasteiger partial charge in [-0.25, -0.2) is 0 Å². The first-order valence-electron chi connectivity index (χ1n) is 8.09. The van der Waals surface area contributed by atoms with Crippen LogP contribution < -0.4 is 14.8 Å². The number of carbonyl (C=O) groups excluding carboxylic acids is 1. The summed E-state index contributed by atoms with van der Waals surface area (Å²) >= 11 is 0. The summed E-state index contributed by atoms with van der Waals surface area (Å²) in [5.74, 6) is 0.931. The van der Waals surface area contributed by atoms with E-state index in [1.807, 2.05) is 30.3 Å². The first-order chi connectivity index (χ1) is 12.7. The molecule has 134 valence electrons. The Morgan fingerprint density at radius 2 is 1.85 bits per heavy atom. The van der Waals surface area contributed by atoms with Gasteiger partial charge in [0.05, 0.1) is 19.9 Å². The number of carbonyl (C=O) groups is 1. The third-order valence-electron chi connectivity index (χ3n) is 3.79. The molecule has 1 heterocycles. The number of nitrogens with one attached hydrogen (secondary N) is 1. The third-order valence-corrected chi connectivity index (χ3v) is 3.79. The first kappa shape index (κ1) is 17.5. The van der Waals surface area contributed by atoms with Crippen LogP contribution in [-0.2, 0) is 12.8 Å². The lowest BCUT2D eigenvalue weighted by molar-refractivity contribution is 0.0988. The fourth-order valence-corrected chi connectivity index (χ4v) is 2.42. The van der Waals surface area contributed by atoms with E-state index in [4.69, 9.17) is 13.9 Å². The van der Waals surface area contributed by atoms with Crippen LogP contribution in [0.5, 0.6) is 11.5 Å². The minimum Gasteiger partial charge on any atom is -0.497 e. The number of rotatable bonds is 7. The monoisotopic (exact) mass is 353 g/mol. The van der Waals surface area contributed by atoms with Gasteiger partial charge in [-0.2, -0.15) is 0 Å². The summed E-state index contributed by atoms with van der Waals surface area (Å²) in [5.41, 5.74) is 1.65. The highest BCUT2D eigenvalue weighted by Gasteiger charge is 2.17. The maximum absolute atomic E-state index is 12.3. The van der Waals surface area contributed by atoms with Crippen molar-refractivity contribution in [1.29, 1.82) is 0 Å². The fraction of sp³-hybridized carbons (Fsp3) is 0.211. The molecule has 0 fully saturated rings. The number of aromatic nitrogens is 2. The van der Waals surface area contributed by atoms with Gasteiger partial charge >= 0.3 is 11.8 Å². The van der Waals surface area contributed by atoms with Gasteiger partial charge in [0.25, 0.3) is 0 Å². The minimum atomic E-state index is -0.494. The smallest absolute Gasteiger partial charge is 0.313 e. The maximum Gasteiger partial charge on any atom is 0.313 e. The van der Waals surface area contributed by atoms with Crippen LogP contribution in [-0.4, -0.2) is 30.3 Å². The Morgan fingerprint density at radius 3 is 2.58 bits per heavy atom. The molecule has 0 atom stereocenters. The molecule has 3 aromatic rings. The molecule has 1 N–H and O–H groups in total. The van der Waals surface area contributed by atoms with Gasteiger partial charge in [-0.15, -0.1) is 10.2 Å². The number of methoxy groups -OCH3 is 2. The molecule has 7 heteroatoms. The highest BCUT2D eigenvalue weighted by molar-refractivity contribution is 6.01. The molecule has 0 radical (unpaired) electrons. The number of hydrogen-bond acceptors (Lipinski definition) is 6. The van der Waals surface area contributed by atoms with Crippen LogP contribution >= 0.6 is 0 Å². The second kappa shape index (κ2) is 8.15. The summed E-state index contributed by atoms with van der Waals surface area (Å²) in [6.07, 6.45) is 1.33. The molecule has 0 aliphatic rings. The summed E-state index contributed by atoms with van der Waals surface area (Å²) in [4.78, 5) is 12.3. The standard InChI is InChI=1S/C19H19N3O4/c1-24-14-9-10-15(16(12-14)25-2)20-18(23)19-22-21-17(26-19)11-8-13-6-4-3-5-7-13/h3-7,9-10,12H,8,11H2,1-2H3,(H,20,23). The average molecular weight is 353 g/mol. The maximum atomic E-state index is 12.3. The van der Waals surface area contributed by atoms with E-state index in [0.29, 0.717) is 29.5 Å². The molecule has 26 heavy (non-hydrogen) atoms. The molecule has 1 amide bonds. The van der Waals surface area contributed by atoms with Gasteiger partial charge in [-0.05, 0) is 24.1 Å². The first-order valence-corrected chi connectivity index (χ1v) is 8.09. The summed E-state index contributed by atoms with van der Waals surface area (Å²) in [6.45, 7) is 0. The zero-order valence-electron chi connectivity index (χ0n) is 14.6. The predicted molar refractivity (Wildman–Crippen MR) is 95.6 cm³/mol. The van der Waals surface area contributed by atoms with Gasteiger partial charge in [0, 0.05) is 12.5 Å². The highest BCUT2D eigenvalue weighted by Crippen LogP contribution is 2.29. The molecular weight excluding hydrogens is 334 g/mol. The lowest BCUT2D eigenvalue weighted by Gasteiger charge is -2.10. The van der Waals surface area contributed by atoms with Gasteiger partial charge in [0.2, 0.25) is 5.89 Å². The quantitative estimate of drug-likeness (QED) is 0.702. The number of aryl methyl sites for hydroxylation is 2. The molecule has 2 aromatic carbocycles. The van der Waals surface area contributed by atoms with Gasteiger partial charge in [0.15, 0.2) is 0 Å². The van der Waals surface area contributed by atoms with Crippen LogP contribution in [0.15, 0.2) is 52.9 Å². The Bertz CT molecular complexity index is 878. The molecule has 0 aliphatic heterocycles. The van der Waals surface area contributed by atoms with Crippen LogP contribution in [0.3, 0.4) is 0 Å². The average Bonchev–Trinajstić information content (AvgIpc) is 3.16. The molecule has 0 aliphatic carbocycles. The highest BCUT2D eigenvalue weighted by atomic mass is 16.5. The summed E-state index contributed by atoms with van der Waals surface area (Å²) in [5, 5.41) is 10.5. The van der Waals surface area contributed by atoms with Crippen molar-refractivity contribution < 1.29 is 18.7 Å². The van der Waals surface area contributed by atoms with Gasteiger partial charge in [-0.1, -0.05) is 30.3 Å². The summed E-state index contributed by atoms with van der Waals surface area (Å²) in [7, 11) is 3.07. The van der Waals surface area contributed by atoms with E-state index in [1.54, 1.807) is 25.3 Å². The zero-order valence-corrected chi connectivity index (χ0v) is 14.6. The van der Waals surface area contributed by atoms with Gasteiger partial charge < -0.3 is 19.2 Å². The number of nitrogens with zero attached hydrogens (tertiary/aromatic N) is 2. The normalized spacial score (nSPS) is 10.4. The van der Waals surface area contributed by atoms with Crippen LogP contribution in [0.25, 0.3) is 0 Å². The van der Waals surface area contributed by atoms with Gasteiger partial charge in [0.1, 0.15) is 11.5 Å². The summed E-state index contributed by atoms with van der Waals surface area (Å²) in [6, 6.07) is 15.1. The Morgan fingerprint density at radius 1 is 1.04 bits per heavy atom. The summed E-state index contributed by atoms with van der Waals surface area (Å²) < 4.78 is 15.8. The molecule has 3 rings (SSSR count). The fourth-order valence-electron chi connectivity index (χ4n) is 2.42. The Kier molecular flexibility index (Phi) is 5.48. The SMILES string of the molecule is COc1ccc(NC(=O)c2nnc(CCc3ccccc3)o2)c(OC)c1. The van der Waals surface area contributed by atoms with Crippen molar-refractivity contribution >= 4 is 11.6 Å². The topological polar surface area (TPSA) is 86.5 Å². The van der Waals surface area contributed by atoms with Crippen LogP contribution in [0.4, 0.5) is 5.69 Å². The zero-order chi connectivity index (χ0) is 18.4. The van der Waals surface area contributed by atoms with E-state index < -0.39 is 5.91 Å². The molecule has 1 aromatic heterocycles. The van der Waals surface area contributed by atoms with E-state index in [0.717, 1.165) is 6.42 Å². The van der Waals surface area contributed by atoms with E-state index in [-0.39, 0.29) is 5.89 Å². The van der Waals surface area contributed by atoms with Crippen molar-refractivity contribution in [2.24, 2.45) is 0 Å². The number of anilines is 1. The van der Waals surface area contributed by atoms with Crippen LogP contribution in [0.2, 0.25) is 0 Å². The van der Waals surface area contributed by atoms with E-state index in [9.17, 15) is 4.79 Å². The number of ether oxygens (including phenoxy) is 2. The van der Waals surface area contributed by atoms with E-state index in [2.05, 4.69) is 15.5 Å². The third kappa shape index (κ3) is 4.18. The molecule has 0 unspecified atom stereocenters. The molecule has 0 saturated carbocycles. The van der Waals surface area contributed by atoms with Crippen molar-refractivity contribution in [3.8, 4) is 11.5 Å². The molecular formula is C19H19N3O4. The molecule has 7 nitrogen and oxygen atoms in total. The molecule has 0 saturated heterocycles. The Hall–Kier alpha value is -3.35. The van der Waals surface area contributed by atoms with Gasteiger partial charge in [-0.3, -0.25) is 4.79 Å². The van der Waals surface area contributed by atoms with Crippen molar-refractivity contribution in [1.82, 2.24) is 10.2 Å².